The van der Waals surface area contributed by atoms with Crippen LogP contribution in [0.3, 0.4) is 0 Å². The normalized spacial score (nSPS) is 10.5. The third-order valence-electron chi connectivity index (χ3n) is 4.13. The summed E-state index contributed by atoms with van der Waals surface area (Å²) in [5.41, 5.74) is 3.97. The van der Waals surface area contributed by atoms with Gasteiger partial charge in [0.25, 0.3) is 11.8 Å². The van der Waals surface area contributed by atoms with E-state index in [0.717, 1.165) is 0 Å². The van der Waals surface area contributed by atoms with Crippen LogP contribution in [-0.2, 0) is 4.79 Å². The smallest absolute Gasteiger partial charge is 0.271 e. The number of hydrogen-bond donors (Lipinski definition) is 2. The van der Waals surface area contributed by atoms with Crippen LogP contribution in [0, 0.1) is 0 Å². The number of carbonyl (C=O) groups is 2. The molecule has 0 aliphatic rings. The topological polar surface area (TPSA) is 89.0 Å². The van der Waals surface area contributed by atoms with E-state index in [2.05, 4.69) is 15.8 Å². The summed E-state index contributed by atoms with van der Waals surface area (Å²) < 4.78 is 10.7. The maximum atomic E-state index is 12.2. The van der Waals surface area contributed by atoms with Gasteiger partial charge in [-0.15, -0.1) is 0 Å². The number of hydrazone groups is 1. The number of benzene rings is 3. The molecule has 2 N–H and O–H groups in total. The van der Waals surface area contributed by atoms with Crippen LogP contribution in [0.4, 0.5) is 5.69 Å². The van der Waals surface area contributed by atoms with E-state index in [4.69, 9.17) is 21.1 Å². The van der Waals surface area contributed by atoms with Crippen molar-refractivity contribution in [2.75, 3.05) is 19.0 Å². The van der Waals surface area contributed by atoms with Crippen LogP contribution in [0.5, 0.6) is 11.5 Å². The van der Waals surface area contributed by atoms with Gasteiger partial charge in [-0.05, 0) is 42.5 Å². The molecule has 0 unspecified atom stereocenters. The quantitative estimate of drug-likeness (QED) is 0.409. The molecular weight excluding hydrogens is 418 g/mol. The third kappa shape index (κ3) is 6.32. The molecule has 0 heterocycles. The molecule has 3 aromatic carbocycles. The molecule has 0 spiro atoms. The van der Waals surface area contributed by atoms with E-state index >= 15 is 0 Å². The highest BCUT2D eigenvalue weighted by molar-refractivity contribution is 6.33. The number of ether oxygens (including phenoxy) is 2. The van der Waals surface area contributed by atoms with E-state index < -0.39 is 0 Å². The van der Waals surface area contributed by atoms with Gasteiger partial charge < -0.3 is 14.8 Å². The molecule has 0 aliphatic heterocycles. The fourth-order valence-corrected chi connectivity index (χ4v) is 2.78. The molecule has 0 radical (unpaired) electrons. The largest absolute Gasteiger partial charge is 0.497 e. The van der Waals surface area contributed by atoms with Crippen LogP contribution in [0.25, 0.3) is 0 Å². The van der Waals surface area contributed by atoms with Crippen LogP contribution >= 0.6 is 11.6 Å². The summed E-state index contributed by atoms with van der Waals surface area (Å²) in [4.78, 5) is 24.4. The van der Waals surface area contributed by atoms with Crippen molar-refractivity contribution in [2.24, 2.45) is 5.10 Å². The SMILES string of the molecule is COc1cccc(C(=O)N/N=C/c2ccccc2OCC(=O)Nc2ccccc2Cl)c1. The van der Waals surface area contributed by atoms with Gasteiger partial charge in [-0.2, -0.15) is 5.10 Å². The Morgan fingerprint density at radius 3 is 2.61 bits per heavy atom. The molecule has 158 valence electrons. The van der Waals surface area contributed by atoms with Crippen molar-refractivity contribution in [3.8, 4) is 11.5 Å². The second kappa shape index (κ2) is 10.8. The number of nitrogens with zero attached hydrogens (tertiary/aromatic N) is 1. The summed E-state index contributed by atoms with van der Waals surface area (Å²) >= 11 is 6.04. The third-order valence-corrected chi connectivity index (χ3v) is 4.46. The lowest BCUT2D eigenvalue weighted by Gasteiger charge is -2.10. The van der Waals surface area contributed by atoms with Crippen molar-refractivity contribution in [3.63, 3.8) is 0 Å². The highest BCUT2D eigenvalue weighted by Crippen LogP contribution is 2.21. The number of rotatable bonds is 8. The molecule has 0 saturated heterocycles. The standard InChI is InChI=1S/C23H20ClN3O4/c1-30-18-9-6-8-16(13-18)23(29)27-25-14-17-7-2-5-12-21(17)31-15-22(28)26-20-11-4-3-10-19(20)24/h2-14H,15H2,1H3,(H,26,28)(H,27,29)/b25-14+. The first-order chi connectivity index (χ1) is 15.1. The minimum Gasteiger partial charge on any atom is -0.497 e. The van der Waals surface area contributed by atoms with Crippen LogP contribution in [0.1, 0.15) is 15.9 Å². The molecule has 0 aromatic heterocycles. The lowest BCUT2D eigenvalue weighted by molar-refractivity contribution is -0.118. The number of methoxy groups -OCH3 is 1. The maximum absolute atomic E-state index is 12.2. The van der Waals surface area contributed by atoms with E-state index in [1.807, 2.05) is 0 Å². The highest BCUT2D eigenvalue weighted by atomic mass is 35.5. The lowest BCUT2D eigenvalue weighted by atomic mass is 10.2. The van der Waals surface area contributed by atoms with Crippen LogP contribution < -0.4 is 20.2 Å². The first-order valence-corrected chi connectivity index (χ1v) is 9.68. The Morgan fingerprint density at radius 2 is 1.81 bits per heavy atom. The van der Waals surface area contributed by atoms with Gasteiger partial charge in [0.15, 0.2) is 6.61 Å². The molecule has 0 bridgehead atoms. The minimum atomic E-state index is -0.382. The summed E-state index contributed by atoms with van der Waals surface area (Å²) in [7, 11) is 1.53. The van der Waals surface area contributed by atoms with E-state index in [1.54, 1.807) is 72.8 Å². The maximum Gasteiger partial charge on any atom is 0.271 e. The van der Waals surface area contributed by atoms with Crippen molar-refractivity contribution < 1.29 is 19.1 Å². The first kappa shape index (κ1) is 21.9. The number of nitrogens with one attached hydrogen (secondary N) is 2. The second-order valence-electron chi connectivity index (χ2n) is 6.29. The average molecular weight is 438 g/mol. The van der Waals surface area contributed by atoms with E-state index in [-0.39, 0.29) is 18.4 Å². The Kier molecular flexibility index (Phi) is 7.61. The van der Waals surface area contributed by atoms with Crippen molar-refractivity contribution in [3.05, 3.63) is 88.9 Å². The number of para-hydroxylation sites is 2. The summed E-state index contributed by atoms with van der Waals surface area (Å²) in [6, 6.07) is 20.7. The molecule has 3 rings (SSSR count). The fourth-order valence-electron chi connectivity index (χ4n) is 2.60. The van der Waals surface area contributed by atoms with Gasteiger partial charge in [0.2, 0.25) is 0 Å². The predicted octanol–water partition coefficient (Wildman–Crippen LogP) is 4.13. The second-order valence-corrected chi connectivity index (χ2v) is 6.69. The van der Waals surface area contributed by atoms with Gasteiger partial charge in [0, 0.05) is 11.1 Å². The van der Waals surface area contributed by atoms with E-state index in [1.165, 1.54) is 13.3 Å². The number of amides is 2. The Hall–Kier alpha value is -3.84. The monoisotopic (exact) mass is 437 g/mol. The number of halogens is 1. The van der Waals surface area contributed by atoms with Gasteiger partial charge in [0.1, 0.15) is 11.5 Å². The summed E-state index contributed by atoms with van der Waals surface area (Å²) in [5, 5.41) is 7.11. The molecule has 0 saturated carbocycles. The Labute approximate surface area is 184 Å². The first-order valence-electron chi connectivity index (χ1n) is 9.30. The Bertz CT molecular complexity index is 1100. The Balaban J connectivity index is 1.59. The van der Waals surface area contributed by atoms with Crippen molar-refractivity contribution in [1.29, 1.82) is 0 Å². The van der Waals surface area contributed by atoms with Gasteiger partial charge in [-0.3, -0.25) is 9.59 Å². The van der Waals surface area contributed by atoms with Gasteiger partial charge in [-0.1, -0.05) is 41.9 Å². The molecule has 0 aliphatic carbocycles. The molecule has 7 nitrogen and oxygen atoms in total. The zero-order valence-corrected chi connectivity index (χ0v) is 17.4. The number of hydrogen-bond acceptors (Lipinski definition) is 5. The molecule has 31 heavy (non-hydrogen) atoms. The van der Waals surface area contributed by atoms with Gasteiger partial charge in [-0.25, -0.2) is 5.43 Å². The lowest BCUT2D eigenvalue weighted by Crippen LogP contribution is -2.21. The van der Waals surface area contributed by atoms with Crippen molar-refractivity contribution >= 4 is 35.3 Å². The summed E-state index contributed by atoms with van der Waals surface area (Å²) in [6.45, 7) is -0.216. The average Bonchev–Trinajstić information content (AvgIpc) is 2.80. The van der Waals surface area contributed by atoms with Crippen molar-refractivity contribution in [1.82, 2.24) is 5.43 Å². The molecular formula is C23H20ClN3O4. The highest BCUT2D eigenvalue weighted by Gasteiger charge is 2.09. The fraction of sp³-hybridized carbons (Fsp3) is 0.0870. The Morgan fingerprint density at radius 1 is 1.03 bits per heavy atom. The van der Waals surface area contributed by atoms with Gasteiger partial charge >= 0.3 is 0 Å². The van der Waals surface area contributed by atoms with E-state index in [0.29, 0.717) is 33.3 Å². The summed E-state index contributed by atoms with van der Waals surface area (Å²) in [5.74, 6) is 0.278. The number of anilines is 1. The summed E-state index contributed by atoms with van der Waals surface area (Å²) in [6.07, 6.45) is 1.44. The van der Waals surface area contributed by atoms with Gasteiger partial charge in [0.05, 0.1) is 24.0 Å². The molecule has 0 fully saturated rings. The molecule has 8 heteroatoms. The minimum absolute atomic E-state index is 0.216. The zero-order valence-electron chi connectivity index (χ0n) is 16.7. The van der Waals surface area contributed by atoms with Crippen LogP contribution in [-0.4, -0.2) is 31.7 Å². The van der Waals surface area contributed by atoms with Crippen LogP contribution in [0.15, 0.2) is 77.9 Å². The molecule has 3 aromatic rings. The predicted molar refractivity (Wildman–Crippen MR) is 120 cm³/mol. The number of carbonyl (C=O) groups excluding carboxylic acids is 2. The van der Waals surface area contributed by atoms with Crippen molar-refractivity contribution in [2.45, 2.75) is 0 Å². The molecule has 0 atom stereocenters. The zero-order chi connectivity index (χ0) is 22.1. The van der Waals surface area contributed by atoms with Crippen LogP contribution in [0.2, 0.25) is 5.02 Å². The van der Waals surface area contributed by atoms with E-state index in [9.17, 15) is 9.59 Å². The molecule has 2 amide bonds.